The molecule has 2 aromatic heterocycles. The lowest BCUT2D eigenvalue weighted by Crippen LogP contribution is -2.23. The van der Waals surface area contributed by atoms with Crippen LogP contribution in [0.3, 0.4) is 0 Å². The van der Waals surface area contributed by atoms with Crippen LogP contribution in [0, 0.1) is 11.6 Å². The minimum atomic E-state index is -0.926. The molecule has 1 N–H and O–H groups in total. The zero-order valence-corrected chi connectivity index (χ0v) is 15.5. The van der Waals surface area contributed by atoms with E-state index in [0.717, 1.165) is 22.5 Å². The standard InChI is InChI=1S/C16H11Cl3F2N4O/c1-24-9(5-10(17)15(24)19)6-22-12-7-23-25(16(26)14(12)18)13-3-2-8(20)4-11(13)21/h2-5,7,22H,6H2,1H3. The Morgan fingerprint density at radius 2 is 1.92 bits per heavy atom. The number of anilines is 1. The van der Waals surface area contributed by atoms with Gasteiger partial charge in [-0.15, -0.1) is 0 Å². The molecule has 0 fully saturated rings. The normalized spacial score (nSPS) is 11.0. The number of nitrogens with one attached hydrogen (secondary N) is 1. The van der Waals surface area contributed by atoms with Crippen molar-refractivity contribution in [3.05, 3.63) is 73.3 Å². The van der Waals surface area contributed by atoms with Gasteiger partial charge in [-0.2, -0.15) is 9.78 Å². The first kappa shape index (κ1) is 18.7. The molecule has 0 radical (unpaired) electrons. The fourth-order valence-electron chi connectivity index (χ4n) is 2.32. The van der Waals surface area contributed by atoms with Crippen molar-refractivity contribution >= 4 is 40.5 Å². The molecule has 0 bridgehead atoms. The van der Waals surface area contributed by atoms with E-state index in [4.69, 9.17) is 34.8 Å². The van der Waals surface area contributed by atoms with Gasteiger partial charge in [0.1, 0.15) is 21.7 Å². The maximum Gasteiger partial charge on any atom is 0.292 e. The summed E-state index contributed by atoms with van der Waals surface area (Å²) >= 11 is 18.0. The highest BCUT2D eigenvalue weighted by Gasteiger charge is 2.15. The Hall–Kier alpha value is -2.09. The van der Waals surface area contributed by atoms with Gasteiger partial charge in [0.25, 0.3) is 5.56 Å². The lowest BCUT2D eigenvalue weighted by atomic mass is 10.3. The van der Waals surface area contributed by atoms with Crippen molar-refractivity contribution in [1.29, 1.82) is 0 Å². The molecule has 0 atom stereocenters. The van der Waals surface area contributed by atoms with E-state index in [1.54, 1.807) is 17.7 Å². The van der Waals surface area contributed by atoms with Crippen molar-refractivity contribution in [3.63, 3.8) is 0 Å². The van der Waals surface area contributed by atoms with E-state index >= 15 is 0 Å². The summed E-state index contributed by atoms with van der Waals surface area (Å²) in [6.45, 7) is 0.276. The topological polar surface area (TPSA) is 51.9 Å². The van der Waals surface area contributed by atoms with E-state index in [1.807, 2.05) is 0 Å². The van der Waals surface area contributed by atoms with Crippen molar-refractivity contribution < 1.29 is 8.78 Å². The fourth-order valence-corrected chi connectivity index (χ4v) is 2.94. The van der Waals surface area contributed by atoms with Crippen LogP contribution in [0.1, 0.15) is 5.69 Å². The molecule has 136 valence electrons. The van der Waals surface area contributed by atoms with Gasteiger partial charge in [0, 0.05) is 18.8 Å². The Kier molecular flexibility index (Phi) is 5.22. The maximum atomic E-state index is 13.9. The highest BCUT2D eigenvalue weighted by atomic mass is 35.5. The first-order valence-corrected chi connectivity index (χ1v) is 8.39. The summed E-state index contributed by atoms with van der Waals surface area (Å²) in [5.74, 6) is -1.69. The number of halogens is 5. The summed E-state index contributed by atoms with van der Waals surface area (Å²) in [6, 6.07) is 4.46. The molecular weight excluding hydrogens is 409 g/mol. The first-order valence-electron chi connectivity index (χ1n) is 7.26. The van der Waals surface area contributed by atoms with E-state index in [1.165, 1.54) is 6.20 Å². The molecule has 5 nitrogen and oxygen atoms in total. The molecule has 3 aromatic rings. The van der Waals surface area contributed by atoms with E-state index in [-0.39, 0.29) is 22.9 Å². The monoisotopic (exact) mass is 418 g/mol. The average Bonchev–Trinajstić information content (AvgIpc) is 2.84. The van der Waals surface area contributed by atoms with Gasteiger partial charge in [0.2, 0.25) is 0 Å². The van der Waals surface area contributed by atoms with Crippen molar-refractivity contribution in [2.75, 3.05) is 5.32 Å². The molecule has 0 spiro atoms. The van der Waals surface area contributed by atoms with Crippen LogP contribution in [0.25, 0.3) is 5.69 Å². The van der Waals surface area contributed by atoms with Crippen LogP contribution in [-0.4, -0.2) is 14.3 Å². The van der Waals surface area contributed by atoms with Crippen LogP contribution < -0.4 is 10.9 Å². The number of aromatic nitrogens is 3. The number of hydrogen-bond acceptors (Lipinski definition) is 3. The van der Waals surface area contributed by atoms with Crippen molar-refractivity contribution in [2.24, 2.45) is 7.05 Å². The minimum absolute atomic E-state index is 0.185. The fraction of sp³-hybridized carbons (Fsp3) is 0.125. The molecule has 3 rings (SSSR count). The minimum Gasteiger partial charge on any atom is -0.377 e. The second kappa shape index (κ2) is 7.26. The predicted octanol–water partition coefficient (Wildman–Crippen LogP) is 4.42. The molecule has 0 aliphatic heterocycles. The number of hydrogen-bond donors (Lipinski definition) is 1. The van der Waals surface area contributed by atoms with Crippen LogP contribution >= 0.6 is 34.8 Å². The molecule has 10 heteroatoms. The second-order valence-electron chi connectivity index (χ2n) is 5.37. The lowest BCUT2D eigenvalue weighted by molar-refractivity contribution is 0.570. The third-order valence-electron chi connectivity index (χ3n) is 3.73. The number of nitrogens with zero attached hydrogens (tertiary/aromatic N) is 3. The quantitative estimate of drug-likeness (QED) is 0.681. The number of rotatable bonds is 4. The molecule has 1 aromatic carbocycles. The predicted molar refractivity (Wildman–Crippen MR) is 97.5 cm³/mol. The molecule has 0 saturated heterocycles. The van der Waals surface area contributed by atoms with E-state index in [9.17, 15) is 13.6 Å². The summed E-state index contributed by atoms with van der Waals surface area (Å²) in [4.78, 5) is 12.4. The van der Waals surface area contributed by atoms with Gasteiger partial charge in [-0.3, -0.25) is 4.79 Å². The van der Waals surface area contributed by atoms with Crippen LogP contribution in [-0.2, 0) is 13.6 Å². The highest BCUT2D eigenvalue weighted by molar-refractivity contribution is 6.41. The average molecular weight is 420 g/mol. The Morgan fingerprint density at radius 3 is 2.54 bits per heavy atom. The molecule has 2 heterocycles. The first-order chi connectivity index (χ1) is 12.3. The van der Waals surface area contributed by atoms with E-state index < -0.39 is 17.2 Å². The van der Waals surface area contributed by atoms with Gasteiger partial charge >= 0.3 is 0 Å². The SMILES string of the molecule is Cn1c(CNc2cnn(-c3ccc(F)cc3F)c(=O)c2Cl)cc(Cl)c1Cl. The summed E-state index contributed by atoms with van der Waals surface area (Å²) in [5.41, 5.74) is 0.0599. The molecule has 0 aliphatic carbocycles. The van der Waals surface area contributed by atoms with E-state index in [2.05, 4.69) is 10.4 Å². The number of benzene rings is 1. The van der Waals surface area contributed by atoms with Gasteiger partial charge in [-0.1, -0.05) is 34.8 Å². The molecular formula is C16H11Cl3F2N4O. The lowest BCUT2D eigenvalue weighted by Gasteiger charge is -2.11. The third-order valence-corrected chi connectivity index (χ3v) is 4.94. The van der Waals surface area contributed by atoms with Crippen molar-refractivity contribution in [3.8, 4) is 5.69 Å². The smallest absolute Gasteiger partial charge is 0.292 e. The zero-order valence-electron chi connectivity index (χ0n) is 13.2. The van der Waals surface area contributed by atoms with Crippen LogP contribution in [0.2, 0.25) is 15.2 Å². The van der Waals surface area contributed by atoms with Crippen molar-refractivity contribution in [2.45, 2.75) is 6.54 Å². The maximum absolute atomic E-state index is 13.9. The largest absolute Gasteiger partial charge is 0.377 e. The summed E-state index contributed by atoms with van der Waals surface area (Å²) < 4.78 is 29.3. The molecule has 0 amide bonds. The van der Waals surface area contributed by atoms with Crippen molar-refractivity contribution in [1.82, 2.24) is 14.3 Å². The molecule has 26 heavy (non-hydrogen) atoms. The third kappa shape index (κ3) is 3.42. The van der Waals surface area contributed by atoms with Gasteiger partial charge in [0.05, 0.1) is 23.5 Å². The summed E-state index contributed by atoms with van der Waals surface area (Å²) in [7, 11) is 1.74. The molecule has 0 saturated carbocycles. The Labute approximate surface area is 161 Å². The Morgan fingerprint density at radius 1 is 1.19 bits per heavy atom. The van der Waals surface area contributed by atoms with Gasteiger partial charge in [-0.25, -0.2) is 8.78 Å². The van der Waals surface area contributed by atoms with Gasteiger partial charge in [0.15, 0.2) is 5.82 Å². The van der Waals surface area contributed by atoms with Gasteiger partial charge in [-0.05, 0) is 18.2 Å². The van der Waals surface area contributed by atoms with Crippen LogP contribution in [0.5, 0.6) is 0 Å². The molecule has 0 unspecified atom stereocenters. The highest BCUT2D eigenvalue weighted by Crippen LogP contribution is 2.26. The van der Waals surface area contributed by atoms with Gasteiger partial charge < -0.3 is 9.88 Å². The van der Waals surface area contributed by atoms with Crippen LogP contribution in [0.15, 0.2) is 35.3 Å². The summed E-state index contributed by atoms with van der Waals surface area (Å²) in [5, 5.41) is 7.45. The molecule has 0 aliphatic rings. The second-order valence-corrected chi connectivity index (χ2v) is 6.52. The summed E-state index contributed by atoms with van der Waals surface area (Å²) in [6.07, 6.45) is 1.28. The van der Waals surface area contributed by atoms with E-state index in [0.29, 0.717) is 16.2 Å². The Bertz CT molecular complexity index is 1050. The van der Waals surface area contributed by atoms with Crippen LogP contribution in [0.4, 0.5) is 14.5 Å². The Balaban J connectivity index is 1.90. The zero-order chi connectivity index (χ0) is 19.0.